The van der Waals surface area contributed by atoms with E-state index >= 15 is 0 Å². The molecule has 3 rings (SSSR count). The largest absolute Gasteiger partial charge is 0.444 e. The van der Waals surface area contributed by atoms with Crippen molar-refractivity contribution in [1.29, 1.82) is 0 Å². The fraction of sp³-hybridized carbons (Fsp3) is 0.765. The van der Waals surface area contributed by atoms with E-state index in [-0.39, 0.29) is 38.8 Å². The molecule has 0 aliphatic carbocycles. The standard InChI is InChI=1S/C13H21F2NO3.C13H19F2NO3.C8H13F2NO/c2*1-12(2,3)19-11(17)16-8-6-13(18,7-9-16)5-4-10(14)15;9-7(10)1-2-8(12)3-5-11-6-4-8/h4-5,10,18H,6-9H2,1-3H3;10,18H,6-9H2,1-3H3;1-2,7,11-12H,3-6H2/b5-4+;;2-1+. The van der Waals surface area contributed by atoms with Crippen LogP contribution in [0.3, 0.4) is 0 Å². The Kier molecular flexibility index (Phi) is 17.6. The first kappa shape index (κ1) is 45.0. The van der Waals surface area contributed by atoms with E-state index < -0.39 is 59.5 Å². The number of ether oxygens (including phenoxy) is 2. The van der Waals surface area contributed by atoms with Gasteiger partial charge in [0.2, 0.25) is 0 Å². The van der Waals surface area contributed by atoms with Crippen LogP contribution in [0.1, 0.15) is 80.1 Å². The molecule has 10 nitrogen and oxygen atoms in total. The molecule has 288 valence electrons. The molecule has 16 heteroatoms. The molecule has 0 aromatic rings. The number of nitrogens with zero attached hydrogens (tertiary/aromatic N) is 2. The summed E-state index contributed by atoms with van der Waals surface area (Å²) in [7, 11) is 0. The maximum absolute atomic E-state index is 12.1. The van der Waals surface area contributed by atoms with Gasteiger partial charge in [-0.2, -0.15) is 8.78 Å². The van der Waals surface area contributed by atoms with Gasteiger partial charge in [-0.15, -0.1) is 0 Å². The summed E-state index contributed by atoms with van der Waals surface area (Å²) in [5, 5.41) is 32.7. The number of allylic oxidation sites excluding steroid dienone is 2. The molecule has 0 aromatic heterocycles. The summed E-state index contributed by atoms with van der Waals surface area (Å²) in [4.78, 5) is 26.5. The number of alkyl halides is 6. The fourth-order valence-corrected chi connectivity index (χ4v) is 4.80. The molecular weight excluding hydrogens is 676 g/mol. The van der Waals surface area contributed by atoms with Crippen molar-refractivity contribution in [2.75, 3.05) is 39.3 Å². The summed E-state index contributed by atoms with van der Waals surface area (Å²) in [6.07, 6.45) is -3.14. The van der Waals surface area contributed by atoms with Crippen LogP contribution in [0, 0.1) is 11.8 Å². The number of halogens is 6. The van der Waals surface area contributed by atoms with Crippen molar-refractivity contribution in [2.45, 2.75) is 127 Å². The van der Waals surface area contributed by atoms with Crippen molar-refractivity contribution in [1.82, 2.24) is 15.1 Å². The summed E-state index contributed by atoms with van der Waals surface area (Å²) in [5.74, 6) is 3.85. The van der Waals surface area contributed by atoms with E-state index in [2.05, 4.69) is 11.2 Å². The minimum absolute atomic E-state index is 0.145. The number of nitrogens with one attached hydrogen (secondary N) is 1. The smallest absolute Gasteiger partial charge is 0.410 e. The van der Waals surface area contributed by atoms with E-state index in [1.807, 2.05) is 0 Å². The normalized spacial score (nSPS) is 20.4. The van der Waals surface area contributed by atoms with Crippen LogP contribution >= 0.6 is 0 Å². The second-order valence-electron chi connectivity index (χ2n) is 14.4. The van der Waals surface area contributed by atoms with Crippen molar-refractivity contribution < 1.29 is 60.7 Å². The Morgan fingerprint density at radius 3 is 1.38 bits per heavy atom. The fourth-order valence-electron chi connectivity index (χ4n) is 4.80. The maximum Gasteiger partial charge on any atom is 0.410 e. The average molecular weight is 730 g/mol. The van der Waals surface area contributed by atoms with Gasteiger partial charge in [-0.1, -0.05) is 18.1 Å². The Labute approximate surface area is 290 Å². The zero-order valence-corrected chi connectivity index (χ0v) is 29.7. The van der Waals surface area contributed by atoms with E-state index in [0.717, 1.165) is 12.2 Å². The van der Waals surface area contributed by atoms with Crippen LogP contribution in [-0.2, 0) is 9.47 Å². The summed E-state index contributed by atoms with van der Waals surface area (Å²) < 4.78 is 82.0. The molecular formula is C34H53F6N3O7. The third kappa shape index (κ3) is 19.4. The lowest BCUT2D eigenvalue weighted by atomic mass is 9.91. The highest BCUT2D eigenvalue weighted by atomic mass is 19.3. The van der Waals surface area contributed by atoms with Gasteiger partial charge in [-0.05, 0) is 98.4 Å². The van der Waals surface area contributed by atoms with Crippen LogP contribution in [-0.4, -0.2) is 124 Å². The van der Waals surface area contributed by atoms with Gasteiger partial charge in [0.1, 0.15) is 16.8 Å². The molecule has 0 spiro atoms. The van der Waals surface area contributed by atoms with Crippen molar-refractivity contribution in [3.05, 3.63) is 24.3 Å². The molecule has 3 aliphatic rings. The Balaban J connectivity index is 0.000000385. The SMILES string of the molecule is CC(C)(C)OC(=O)N1CCC(O)(/C=C/C(F)F)CC1.CC(C)(C)OC(=O)N1CCC(O)(C#CC(F)F)CC1.OC1(/C=C/C(F)F)CCNCC1. The van der Waals surface area contributed by atoms with Crippen LogP contribution in [0.5, 0.6) is 0 Å². The van der Waals surface area contributed by atoms with Crippen molar-refractivity contribution in [3.63, 3.8) is 0 Å². The second kappa shape index (κ2) is 19.6. The molecule has 4 N–H and O–H groups in total. The van der Waals surface area contributed by atoms with Gasteiger partial charge in [0.15, 0.2) is 0 Å². The average Bonchev–Trinajstić information content (AvgIpc) is 2.98. The highest BCUT2D eigenvalue weighted by molar-refractivity contribution is 5.68. The maximum atomic E-state index is 12.1. The van der Waals surface area contributed by atoms with Gasteiger partial charge in [0.05, 0.1) is 11.2 Å². The van der Waals surface area contributed by atoms with Crippen LogP contribution in [0.2, 0.25) is 0 Å². The Bertz CT molecular complexity index is 1170. The first-order valence-electron chi connectivity index (χ1n) is 16.4. The zero-order valence-electron chi connectivity index (χ0n) is 29.7. The van der Waals surface area contributed by atoms with Gasteiger partial charge in [-0.25, -0.2) is 27.2 Å². The molecule has 3 heterocycles. The number of carbonyl (C=O) groups excluding carboxylic acids is 2. The lowest BCUT2D eigenvalue weighted by molar-refractivity contribution is -0.00947. The molecule has 0 aromatic carbocycles. The van der Waals surface area contributed by atoms with Gasteiger partial charge >= 0.3 is 12.2 Å². The number of amides is 2. The summed E-state index contributed by atoms with van der Waals surface area (Å²) in [5.41, 5.74) is -4.85. The zero-order chi connectivity index (χ0) is 38.4. The van der Waals surface area contributed by atoms with E-state index in [0.29, 0.717) is 45.1 Å². The molecule has 0 saturated carbocycles. The number of piperidine rings is 3. The minimum atomic E-state index is -2.76. The predicted octanol–water partition coefficient (Wildman–Crippen LogP) is 5.51. The van der Waals surface area contributed by atoms with Crippen molar-refractivity contribution >= 4 is 12.2 Å². The summed E-state index contributed by atoms with van der Waals surface area (Å²) in [6, 6.07) is 0. The van der Waals surface area contributed by atoms with E-state index in [1.54, 1.807) is 47.5 Å². The van der Waals surface area contributed by atoms with Crippen molar-refractivity contribution in [3.8, 4) is 11.8 Å². The van der Waals surface area contributed by atoms with Gasteiger partial charge in [-0.3, -0.25) is 0 Å². The number of rotatable bonds is 4. The first-order valence-corrected chi connectivity index (χ1v) is 16.4. The number of hydrogen-bond acceptors (Lipinski definition) is 8. The molecule has 2 amide bonds. The molecule has 0 atom stereocenters. The molecule has 3 fully saturated rings. The summed E-state index contributed by atoms with van der Waals surface area (Å²) in [6.45, 7) is 13.0. The van der Waals surface area contributed by atoms with Crippen LogP contribution in [0.4, 0.5) is 35.9 Å². The third-order valence-corrected chi connectivity index (χ3v) is 7.51. The van der Waals surface area contributed by atoms with Crippen LogP contribution in [0.25, 0.3) is 0 Å². The third-order valence-electron chi connectivity index (χ3n) is 7.51. The minimum Gasteiger partial charge on any atom is -0.444 e. The van der Waals surface area contributed by atoms with E-state index in [1.165, 1.54) is 15.9 Å². The van der Waals surface area contributed by atoms with Gasteiger partial charge < -0.3 is 39.9 Å². The van der Waals surface area contributed by atoms with E-state index in [4.69, 9.17) is 9.47 Å². The Hall–Kier alpha value is -3.00. The highest BCUT2D eigenvalue weighted by Gasteiger charge is 2.35. The van der Waals surface area contributed by atoms with Gasteiger partial charge in [0.25, 0.3) is 19.3 Å². The number of likely N-dealkylation sites (tertiary alicyclic amines) is 2. The molecule has 50 heavy (non-hydrogen) atoms. The number of hydrogen-bond donors (Lipinski definition) is 4. The van der Waals surface area contributed by atoms with Crippen LogP contribution in [0.15, 0.2) is 24.3 Å². The Morgan fingerprint density at radius 1 is 0.680 bits per heavy atom. The lowest BCUT2D eigenvalue weighted by Crippen LogP contribution is -2.47. The number of aliphatic hydroxyl groups is 3. The summed E-state index contributed by atoms with van der Waals surface area (Å²) >= 11 is 0. The molecule has 0 unspecified atom stereocenters. The van der Waals surface area contributed by atoms with Gasteiger partial charge in [0, 0.05) is 39.0 Å². The first-order chi connectivity index (χ1) is 22.8. The lowest BCUT2D eigenvalue weighted by Gasteiger charge is -2.37. The molecule has 0 bridgehead atoms. The Morgan fingerprint density at radius 2 is 1.04 bits per heavy atom. The molecule has 3 aliphatic heterocycles. The monoisotopic (exact) mass is 729 g/mol. The molecule has 3 saturated heterocycles. The van der Waals surface area contributed by atoms with E-state index in [9.17, 15) is 51.3 Å². The van der Waals surface area contributed by atoms with Crippen LogP contribution < -0.4 is 5.32 Å². The second-order valence-corrected chi connectivity index (χ2v) is 14.4. The van der Waals surface area contributed by atoms with Crippen molar-refractivity contribution in [2.24, 2.45) is 0 Å². The molecule has 0 radical (unpaired) electrons. The number of carbonyl (C=O) groups is 2. The predicted molar refractivity (Wildman–Crippen MR) is 175 cm³/mol. The topological polar surface area (TPSA) is 132 Å². The highest BCUT2D eigenvalue weighted by Crippen LogP contribution is 2.26. The quantitative estimate of drug-likeness (QED) is 0.169.